The lowest BCUT2D eigenvalue weighted by atomic mass is 10.3. The van der Waals surface area contributed by atoms with Crippen LogP contribution in [0.3, 0.4) is 0 Å². The van der Waals surface area contributed by atoms with Crippen LogP contribution < -0.4 is 5.32 Å². The van der Waals surface area contributed by atoms with Gasteiger partial charge in [-0.1, -0.05) is 18.2 Å². The Morgan fingerprint density at radius 3 is 2.57 bits per heavy atom. The number of nitrogens with one attached hydrogen (secondary N) is 1. The normalized spacial score (nSPS) is 10.7. The molecule has 0 fully saturated rings. The van der Waals surface area contributed by atoms with Crippen LogP contribution in [0.4, 0.5) is 5.69 Å². The van der Waals surface area contributed by atoms with E-state index in [1.54, 1.807) is 4.68 Å². The molecule has 1 N–H and O–H groups in total. The Kier molecular flexibility index (Phi) is 3.88. The van der Waals surface area contributed by atoms with Crippen LogP contribution in [0.15, 0.2) is 30.3 Å². The monoisotopic (exact) mass is 311 g/mol. The van der Waals surface area contributed by atoms with Crippen LogP contribution in [0.2, 0.25) is 0 Å². The lowest BCUT2D eigenvalue weighted by Crippen LogP contribution is -2.16. The molecule has 0 saturated heterocycles. The van der Waals surface area contributed by atoms with Gasteiger partial charge >= 0.3 is 0 Å². The number of nitrogens with zero attached hydrogens (tertiary/aromatic N) is 6. The van der Waals surface area contributed by atoms with Crippen molar-refractivity contribution in [3.63, 3.8) is 0 Å². The molecule has 3 rings (SSSR count). The van der Waals surface area contributed by atoms with Gasteiger partial charge in [0.1, 0.15) is 0 Å². The number of aryl methyl sites for hydroxylation is 2. The summed E-state index contributed by atoms with van der Waals surface area (Å²) < 4.78 is 1.73. The maximum absolute atomic E-state index is 12.2. The molecule has 3 aromatic rings. The van der Waals surface area contributed by atoms with E-state index in [1.807, 2.05) is 51.2 Å². The van der Waals surface area contributed by atoms with Crippen LogP contribution in [0, 0.1) is 13.8 Å². The van der Waals surface area contributed by atoms with Gasteiger partial charge in [0.2, 0.25) is 5.91 Å². The van der Waals surface area contributed by atoms with Gasteiger partial charge in [0.15, 0.2) is 5.82 Å². The molecule has 0 radical (unpaired) electrons. The fourth-order valence-corrected chi connectivity index (χ4v) is 2.27. The lowest BCUT2D eigenvalue weighted by Gasteiger charge is -2.03. The molecule has 0 aliphatic carbocycles. The minimum absolute atomic E-state index is 0.0562. The molecule has 1 amide bonds. The van der Waals surface area contributed by atoms with Gasteiger partial charge in [-0.3, -0.25) is 9.48 Å². The van der Waals surface area contributed by atoms with Gasteiger partial charge < -0.3 is 5.32 Å². The van der Waals surface area contributed by atoms with Crippen molar-refractivity contribution in [1.29, 1.82) is 0 Å². The van der Waals surface area contributed by atoms with Crippen LogP contribution in [0.25, 0.3) is 5.69 Å². The van der Waals surface area contributed by atoms with Gasteiger partial charge in [-0.25, -0.2) is 0 Å². The first-order valence-corrected chi connectivity index (χ1v) is 7.19. The van der Waals surface area contributed by atoms with Gasteiger partial charge in [-0.05, 0) is 31.2 Å². The summed E-state index contributed by atoms with van der Waals surface area (Å²) >= 11 is 0. The van der Waals surface area contributed by atoms with E-state index < -0.39 is 0 Å². The molecule has 0 unspecified atom stereocenters. The van der Waals surface area contributed by atoms with Gasteiger partial charge in [-0.2, -0.15) is 5.10 Å². The molecular weight excluding hydrogens is 294 g/mol. The third-order valence-corrected chi connectivity index (χ3v) is 3.53. The van der Waals surface area contributed by atoms with Gasteiger partial charge in [-0.15, -0.1) is 15.0 Å². The SMILES string of the molecule is Cc1nn(C)c(C)c1NC(=O)Cc1nnn(-c2ccccc2)n1. The lowest BCUT2D eigenvalue weighted by molar-refractivity contribution is -0.115. The number of rotatable bonds is 4. The van der Waals surface area contributed by atoms with Crippen molar-refractivity contribution in [2.75, 3.05) is 5.32 Å². The quantitative estimate of drug-likeness (QED) is 0.781. The molecule has 0 spiro atoms. The molecule has 0 aliphatic heterocycles. The smallest absolute Gasteiger partial charge is 0.232 e. The molecular formula is C15H17N7O. The second-order valence-corrected chi connectivity index (χ2v) is 5.23. The number of aromatic nitrogens is 6. The highest BCUT2D eigenvalue weighted by molar-refractivity contribution is 5.92. The summed E-state index contributed by atoms with van der Waals surface area (Å²) in [5, 5.41) is 19.2. The maximum Gasteiger partial charge on any atom is 0.232 e. The summed E-state index contributed by atoms with van der Waals surface area (Å²) in [6, 6.07) is 9.42. The zero-order valence-corrected chi connectivity index (χ0v) is 13.2. The number of para-hydroxylation sites is 1. The maximum atomic E-state index is 12.2. The number of hydrogen-bond donors (Lipinski definition) is 1. The molecule has 2 heterocycles. The van der Waals surface area contributed by atoms with E-state index in [1.165, 1.54) is 4.80 Å². The summed E-state index contributed by atoms with van der Waals surface area (Å²) in [5.41, 5.74) is 3.20. The summed E-state index contributed by atoms with van der Waals surface area (Å²) in [7, 11) is 1.84. The zero-order valence-electron chi connectivity index (χ0n) is 13.2. The van der Waals surface area contributed by atoms with Crippen molar-refractivity contribution >= 4 is 11.6 Å². The van der Waals surface area contributed by atoms with Gasteiger partial charge in [0, 0.05) is 7.05 Å². The Bertz CT molecular complexity index is 835. The molecule has 0 saturated carbocycles. The van der Waals surface area contributed by atoms with E-state index in [4.69, 9.17) is 0 Å². The van der Waals surface area contributed by atoms with E-state index in [2.05, 4.69) is 25.8 Å². The predicted molar refractivity (Wildman–Crippen MR) is 84.2 cm³/mol. The third-order valence-electron chi connectivity index (χ3n) is 3.53. The fourth-order valence-electron chi connectivity index (χ4n) is 2.27. The first-order valence-electron chi connectivity index (χ1n) is 7.19. The molecule has 1 aromatic carbocycles. The number of tetrazole rings is 1. The van der Waals surface area contributed by atoms with Crippen molar-refractivity contribution in [2.24, 2.45) is 7.05 Å². The number of benzene rings is 1. The summed E-state index contributed by atoms with van der Waals surface area (Å²) in [6.45, 7) is 3.76. The highest BCUT2D eigenvalue weighted by Crippen LogP contribution is 2.18. The fraction of sp³-hybridized carbons (Fsp3) is 0.267. The van der Waals surface area contributed by atoms with Crippen LogP contribution in [0.5, 0.6) is 0 Å². The van der Waals surface area contributed by atoms with Crippen molar-refractivity contribution < 1.29 is 4.79 Å². The largest absolute Gasteiger partial charge is 0.323 e. The minimum atomic E-state index is -0.197. The Hall–Kier alpha value is -3.03. The average molecular weight is 311 g/mol. The second-order valence-electron chi connectivity index (χ2n) is 5.23. The van der Waals surface area contributed by atoms with Crippen LogP contribution in [-0.2, 0) is 18.3 Å². The molecule has 0 bridgehead atoms. The number of carbonyl (C=O) groups is 1. The second kappa shape index (κ2) is 5.99. The summed E-state index contributed by atoms with van der Waals surface area (Å²) in [5.74, 6) is 0.169. The van der Waals surface area contributed by atoms with Crippen molar-refractivity contribution in [1.82, 2.24) is 30.0 Å². The molecule has 0 atom stereocenters. The Labute approximate surface area is 133 Å². The highest BCUT2D eigenvalue weighted by Gasteiger charge is 2.15. The average Bonchev–Trinajstić information content (AvgIpc) is 3.09. The molecule has 8 heteroatoms. The van der Waals surface area contributed by atoms with Crippen LogP contribution in [0.1, 0.15) is 17.2 Å². The Morgan fingerprint density at radius 1 is 1.17 bits per heavy atom. The van der Waals surface area contributed by atoms with Crippen molar-refractivity contribution in [3.8, 4) is 5.69 Å². The predicted octanol–water partition coefficient (Wildman–Crippen LogP) is 1.19. The third kappa shape index (κ3) is 3.10. The number of carbonyl (C=O) groups excluding carboxylic acids is 1. The van der Waals surface area contributed by atoms with E-state index in [0.29, 0.717) is 5.82 Å². The highest BCUT2D eigenvalue weighted by atomic mass is 16.1. The molecule has 23 heavy (non-hydrogen) atoms. The molecule has 8 nitrogen and oxygen atoms in total. The van der Waals surface area contributed by atoms with Gasteiger partial charge in [0.25, 0.3) is 0 Å². The van der Waals surface area contributed by atoms with E-state index in [0.717, 1.165) is 22.8 Å². The van der Waals surface area contributed by atoms with Crippen molar-refractivity contribution in [3.05, 3.63) is 47.5 Å². The number of amides is 1. The minimum Gasteiger partial charge on any atom is -0.323 e. The van der Waals surface area contributed by atoms with Gasteiger partial charge in [0.05, 0.1) is 29.2 Å². The standard InChI is InChI=1S/C15H17N7O/c1-10-15(11(2)21(3)18-10)16-14(23)9-13-17-20-22(19-13)12-7-5-4-6-8-12/h4-8H,9H2,1-3H3,(H,16,23). The van der Waals surface area contributed by atoms with Crippen molar-refractivity contribution in [2.45, 2.75) is 20.3 Å². The topological polar surface area (TPSA) is 90.5 Å². The van der Waals surface area contributed by atoms with E-state index >= 15 is 0 Å². The number of anilines is 1. The first kappa shape index (κ1) is 14.9. The van der Waals surface area contributed by atoms with E-state index in [9.17, 15) is 4.79 Å². The first-order chi connectivity index (χ1) is 11.0. The Balaban J connectivity index is 1.70. The Morgan fingerprint density at radius 2 is 1.91 bits per heavy atom. The summed E-state index contributed by atoms with van der Waals surface area (Å²) in [6.07, 6.45) is 0.0562. The molecule has 2 aromatic heterocycles. The van der Waals surface area contributed by atoms with Crippen LogP contribution in [-0.4, -0.2) is 35.9 Å². The molecule has 0 aliphatic rings. The zero-order chi connectivity index (χ0) is 16.4. The molecule has 118 valence electrons. The number of hydrogen-bond acceptors (Lipinski definition) is 5. The van der Waals surface area contributed by atoms with E-state index in [-0.39, 0.29) is 12.3 Å². The summed E-state index contributed by atoms with van der Waals surface area (Å²) in [4.78, 5) is 13.6. The van der Waals surface area contributed by atoms with Crippen LogP contribution >= 0.6 is 0 Å².